The Kier molecular flexibility index (Phi) is 10.0. The second kappa shape index (κ2) is 13.6. The summed E-state index contributed by atoms with van der Waals surface area (Å²) in [7, 11) is 2.74. The summed E-state index contributed by atoms with van der Waals surface area (Å²) in [5.41, 5.74) is -2.56. The van der Waals surface area contributed by atoms with Gasteiger partial charge < -0.3 is 20.1 Å². The maximum Gasteiger partial charge on any atom is 0.200 e. The fourth-order valence-corrected chi connectivity index (χ4v) is 4.51. The zero-order chi connectivity index (χ0) is 32.3. The molecule has 2 atom stereocenters. The molecule has 0 aliphatic rings. The molecule has 0 radical (unpaired) electrons. The van der Waals surface area contributed by atoms with Gasteiger partial charge in [-0.25, -0.2) is 43.9 Å². The molecule has 4 aromatic carbocycles. The van der Waals surface area contributed by atoms with Crippen LogP contribution in [0.4, 0.5) is 43.9 Å². The van der Waals surface area contributed by atoms with E-state index >= 15 is 17.6 Å². The molecule has 0 saturated carbocycles. The Morgan fingerprint density at radius 1 is 0.432 bits per heavy atom. The fourth-order valence-electron chi connectivity index (χ4n) is 4.51. The number of hydrogen-bond donors (Lipinski definition) is 2. The van der Waals surface area contributed by atoms with Crippen LogP contribution in [0.2, 0.25) is 0 Å². The monoisotopic (exact) mass is 632 g/mol. The van der Waals surface area contributed by atoms with Gasteiger partial charge in [-0.05, 0) is 35.4 Å². The van der Waals surface area contributed by atoms with Crippen LogP contribution in [0, 0.1) is 58.2 Å². The van der Waals surface area contributed by atoms with E-state index in [1.807, 2.05) is 0 Å². The van der Waals surface area contributed by atoms with E-state index in [4.69, 9.17) is 9.47 Å². The van der Waals surface area contributed by atoms with E-state index in [0.717, 1.165) is 0 Å². The molecule has 0 bridgehead atoms. The van der Waals surface area contributed by atoms with Crippen LogP contribution in [-0.4, -0.2) is 14.2 Å². The lowest BCUT2D eigenvalue weighted by Crippen LogP contribution is -2.38. The normalized spacial score (nSPS) is 12.7. The Hall–Kier alpha value is -4.30. The average molecular weight is 632 g/mol. The minimum Gasteiger partial charge on any atom is -0.497 e. The summed E-state index contributed by atoms with van der Waals surface area (Å²) in [5, 5.41) is 4.95. The van der Waals surface area contributed by atoms with Crippen LogP contribution in [0.3, 0.4) is 0 Å². The molecule has 0 heterocycles. The topological polar surface area (TPSA) is 42.5 Å². The molecule has 2 N–H and O–H groups in total. The fraction of sp³-hybridized carbons (Fsp3) is 0.200. The predicted octanol–water partition coefficient (Wildman–Crippen LogP) is 7.46. The van der Waals surface area contributed by atoms with Crippen LogP contribution in [0.25, 0.3) is 0 Å². The van der Waals surface area contributed by atoms with Crippen molar-refractivity contribution in [3.05, 3.63) is 129 Å². The average Bonchev–Trinajstić information content (AvgIpc) is 3.04. The molecule has 14 heteroatoms. The predicted molar refractivity (Wildman–Crippen MR) is 138 cm³/mol. The number of rotatable bonds is 11. The summed E-state index contributed by atoms with van der Waals surface area (Å²) in [6.07, 6.45) is 0. The first-order valence-electron chi connectivity index (χ1n) is 12.7. The maximum absolute atomic E-state index is 15.2. The van der Waals surface area contributed by atoms with Gasteiger partial charge in [-0.15, -0.1) is 0 Å². The van der Waals surface area contributed by atoms with E-state index in [9.17, 15) is 26.3 Å². The first-order valence-corrected chi connectivity index (χ1v) is 12.7. The lowest BCUT2D eigenvalue weighted by atomic mass is 9.90. The summed E-state index contributed by atoms with van der Waals surface area (Å²) in [4.78, 5) is 0. The summed E-state index contributed by atoms with van der Waals surface area (Å²) in [6, 6.07) is 7.02. The number of hydrogen-bond acceptors (Lipinski definition) is 4. The number of benzene rings is 4. The van der Waals surface area contributed by atoms with Crippen molar-refractivity contribution >= 4 is 0 Å². The zero-order valence-electron chi connectivity index (χ0n) is 22.8. The first kappa shape index (κ1) is 32.6. The van der Waals surface area contributed by atoms with Crippen molar-refractivity contribution in [1.29, 1.82) is 0 Å². The molecule has 44 heavy (non-hydrogen) atoms. The van der Waals surface area contributed by atoms with Crippen LogP contribution >= 0.6 is 0 Å². The molecule has 0 fully saturated rings. The molecular weight excluding hydrogens is 610 g/mol. The Balaban J connectivity index is 1.93. The van der Waals surface area contributed by atoms with Gasteiger partial charge in [0.25, 0.3) is 0 Å². The second-order valence-electron chi connectivity index (χ2n) is 9.38. The molecular formula is C30H22F10N2O2. The third kappa shape index (κ3) is 6.31. The van der Waals surface area contributed by atoms with Crippen molar-refractivity contribution in [3.63, 3.8) is 0 Å². The number of ether oxygens (including phenoxy) is 2. The molecule has 4 nitrogen and oxygen atoms in total. The molecule has 234 valence electrons. The van der Waals surface area contributed by atoms with Gasteiger partial charge in [0.15, 0.2) is 46.5 Å². The summed E-state index contributed by atoms with van der Waals surface area (Å²) >= 11 is 0. The van der Waals surface area contributed by atoms with Gasteiger partial charge in [-0.3, -0.25) is 0 Å². The highest BCUT2D eigenvalue weighted by molar-refractivity contribution is 5.36. The Morgan fingerprint density at radius 2 is 0.682 bits per heavy atom. The van der Waals surface area contributed by atoms with E-state index in [1.165, 1.54) is 62.8 Å². The van der Waals surface area contributed by atoms with Crippen molar-refractivity contribution in [1.82, 2.24) is 10.6 Å². The quantitative estimate of drug-likeness (QED) is 0.102. The van der Waals surface area contributed by atoms with Gasteiger partial charge in [0.2, 0.25) is 11.6 Å². The highest BCUT2D eigenvalue weighted by atomic mass is 19.2. The van der Waals surface area contributed by atoms with E-state index in [0.29, 0.717) is 22.6 Å². The smallest absolute Gasteiger partial charge is 0.200 e. The summed E-state index contributed by atoms with van der Waals surface area (Å²) in [5.74, 6) is -23.3. The van der Waals surface area contributed by atoms with Crippen LogP contribution in [0.5, 0.6) is 11.5 Å². The van der Waals surface area contributed by atoms with Crippen molar-refractivity contribution in [2.24, 2.45) is 0 Å². The maximum atomic E-state index is 15.2. The highest BCUT2D eigenvalue weighted by Crippen LogP contribution is 2.39. The van der Waals surface area contributed by atoms with E-state index in [1.54, 1.807) is 0 Å². The van der Waals surface area contributed by atoms with Crippen molar-refractivity contribution in [3.8, 4) is 11.5 Å². The van der Waals surface area contributed by atoms with Gasteiger partial charge in [0.05, 0.1) is 26.3 Å². The second-order valence-corrected chi connectivity index (χ2v) is 9.38. The van der Waals surface area contributed by atoms with E-state index in [2.05, 4.69) is 10.6 Å². The minimum absolute atomic E-state index is 0.325. The van der Waals surface area contributed by atoms with E-state index < -0.39 is 94.5 Å². The Bertz CT molecular complexity index is 1470. The van der Waals surface area contributed by atoms with Crippen LogP contribution in [0.15, 0.2) is 48.5 Å². The SMILES string of the molecule is COc1ccc(CN[C@@H](c2c(F)c(F)c(F)c(F)c2F)[C@@H](NCc2ccc(OC)cc2)c2c(F)c(F)c(F)c(F)c2F)cc1. The third-order valence-corrected chi connectivity index (χ3v) is 6.81. The third-order valence-electron chi connectivity index (χ3n) is 6.81. The van der Waals surface area contributed by atoms with Gasteiger partial charge in [-0.2, -0.15) is 0 Å². The molecule has 0 amide bonds. The molecule has 0 unspecified atom stereocenters. The lowest BCUT2D eigenvalue weighted by molar-refractivity contribution is 0.301. The Labute approximate surface area is 244 Å². The lowest BCUT2D eigenvalue weighted by Gasteiger charge is -2.31. The molecule has 0 aliphatic heterocycles. The van der Waals surface area contributed by atoms with Crippen LogP contribution < -0.4 is 20.1 Å². The summed E-state index contributed by atoms with van der Waals surface area (Å²) in [6.45, 7) is -0.880. The molecule has 0 spiro atoms. The minimum atomic E-state index is -2.52. The number of halogens is 10. The van der Waals surface area contributed by atoms with Crippen LogP contribution in [-0.2, 0) is 13.1 Å². The van der Waals surface area contributed by atoms with Gasteiger partial charge in [-0.1, -0.05) is 24.3 Å². The first-order chi connectivity index (χ1) is 20.9. The van der Waals surface area contributed by atoms with Crippen molar-refractivity contribution in [2.75, 3.05) is 14.2 Å². The zero-order valence-corrected chi connectivity index (χ0v) is 22.8. The highest BCUT2D eigenvalue weighted by Gasteiger charge is 2.39. The summed E-state index contributed by atoms with van der Waals surface area (Å²) < 4.78 is 156. The Morgan fingerprint density at radius 3 is 0.932 bits per heavy atom. The standard InChI is InChI=1S/C30H22F10N2O2/c1-43-15-7-3-13(4-8-15)11-41-29(17-19(31)23(35)27(39)24(36)20(17)32)30(42-12-14-5-9-16(44-2)10-6-14)18-21(33)25(37)28(40)26(38)22(18)34/h3-10,29-30,41-42H,11-12H2,1-2H3/t29-,30-/m0/s1. The van der Waals surface area contributed by atoms with Crippen molar-refractivity contribution in [2.45, 2.75) is 25.2 Å². The van der Waals surface area contributed by atoms with Gasteiger partial charge in [0, 0.05) is 24.2 Å². The van der Waals surface area contributed by atoms with Crippen molar-refractivity contribution < 1.29 is 53.4 Å². The largest absolute Gasteiger partial charge is 0.497 e. The number of nitrogens with one attached hydrogen (secondary N) is 2. The van der Waals surface area contributed by atoms with Gasteiger partial charge >= 0.3 is 0 Å². The molecule has 0 saturated heterocycles. The van der Waals surface area contributed by atoms with Crippen LogP contribution in [0.1, 0.15) is 34.3 Å². The molecule has 4 rings (SSSR count). The van der Waals surface area contributed by atoms with Gasteiger partial charge in [0.1, 0.15) is 11.5 Å². The molecule has 4 aromatic rings. The molecule has 0 aromatic heterocycles. The van der Waals surface area contributed by atoms with E-state index in [-0.39, 0.29) is 0 Å². The molecule has 0 aliphatic carbocycles. The number of methoxy groups -OCH3 is 2.